The standard InChI is InChI=1S/C31H43F3O/c1-3-22-5-11-25(12-6-22)26-13-9-24(10-14-26)19-20-31(33,34)35-28-17-18-29(30(32)21-28)27-15-7-23(4-2)8-16-27/h3,17-27H,1,4-16H2,2H3/b20-19+. The van der Waals surface area contributed by atoms with Crippen molar-refractivity contribution in [3.8, 4) is 5.75 Å². The van der Waals surface area contributed by atoms with Gasteiger partial charge in [0.15, 0.2) is 0 Å². The van der Waals surface area contributed by atoms with Gasteiger partial charge in [-0.2, -0.15) is 8.78 Å². The SMILES string of the molecule is C=CC1CCC(C2CCC(/C=C/C(F)(F)Oc3ccc(C4CCC(CC)CC4)c(F)c3)CC2)CC1. The third kappa shape index (κ3) is 7.17. The zero-order chi connectivity index (χ0) is 24.8. The molecule has 35 heavy (non-hydrogen) atoms. The Balaban J connectivity index is 1.25. The summed E-state index contributed by atoms with van der Waals surface area (Å²) in [5, 5.41) is 0. The zero-order valence-electron chi connectivity index (χ0n) is 21.4. The zero-order valence-corrected chi connectivity index (χ0v) is 21.4. The van der Waals surface area contributed by atoms with E-state index in [1.807, 2.05) is 0 Å². The predicted octanol–water partition coefficient (Wildman–Crippen LogP) is 9.84. The van der Waals surface area contributed by atoms with E-state index in [1.54, 1.807) is 12.1 Å². The van der Waals surface area contributed by atoms with Crippen molar-refractivity contribution in [3.05, 3.63) is 54.4 Å². The molecule has 3 aliphatic rings. The van der Waals surface area contributed by atoms with Crippen LogP contribution in [0.25, 0.3) is 0 Å². The molecule has 3 aliphatic carbocycles. The van der Waals surface area contributed by atoms with Crippen LogP contribution in [0.2, 0.25) is 0 Å². The summed E-state index contributed by atoms with van der Waals surface area (Å²) in [5.41, 5.74) is 0.639. The fourth-order valence-electron chi connectivity index (χ4n) is 6.88. The van der Waals surface area contributed by atoms with Crippen molar-refractivity contribution in [1.82, 2.24) is 0 Å². The molecule has 0 heterocycles. The van der Waals surface area contributed by atoms with Crippen LogP contribution < -0.4 is 4.74 Å². The Kier molecular flexibility index (Phi) is 9.05. The highest BCUT2D eigenvalue weighted by Gasteiger charge is 2.32. The molecule has 194 valence electrons. The molecule has 1 aromatic rings. The molecule has 3 saturated carbocycles. The molecule has 1 aromatic carbocycles. The number of hydrogen-bond donors (Lipinski definition) is 0. The topological polar surface area (TPSA) is 9.23 Å². The van der Waals surface area contributed by atoms with Gasteiger partial charge in [0, 0.05) is 12.1 Å². The van der Waals surface area contributed by atoms with E-state index >= 15 is 0 Å². The molecule has 0 unspecified atom stereocenters. The van der Waals surface area contributed by atoms with E-state index in [0.29, 0.717) is 11.5 Å². The van der Waals surface area contributed by atoms with Gasteiger partial charge in [0.1, 0.15) is 11.6 Å². The van der Waals surface area contributed by atoms with E-state index in [9.17, 15) is 13.2 Å². The Bertz CT molecular complexity index is 839. The Morgan fingerprint density at radius 1 is 0.886 bits per heavy atom. The Morgan fingerprint density at radius 3 is 2.03 bits per heavy atom. The van der Waals surface area contributed by atoms with Crippen LogP contribution >= 0.6 is 0 Å². The van der Waals surface area contributed by atoms with Crippen LogP contribution in [0.3, 0.4) is 0 Å². The van der Waals surface area contributed by atoms with Crippen LogP contribution in [0.15, 0.2) is 43.0 Å². The molecule has 0 saturated heterocycles. The van der Waals surface area contributed by atoms with Crippen LogP contribution in [-0.4, -0.2) is 6.11 Å². The lowest BCUT2D eigenvalue weighted by Gasteiger charge is -2.36. The number of allylic oxidation sites excluding steroid dienone is 2. The summed E-state index contributed by atoms with van der Waals surface area (Å²) in [6, 6.07) is 4.28. The van der Waals surface area contributed by atoms with Crippen molar-refractivity contribution in [2.24, 2.45) is 29.6 Å². The van der Waals surface area contributed by atoms with E-state index in [4.69, 9.17) is 4.74 Å². The van der Waals surface area contributed by atoms with Crippen molar-refractivity contribution in [1.29, 1.82) is 0 Å². The lowest BCUT2D eigenvalue weighted by atomic mass is 9.69. The lowest BCUT2D eigenvalue weighted by molar-refractivity contribution is -0.132. The molecule has 4 rings (SSSR count). The minimum Gasteiger partial charge on any atom is -0.429 e. The summed E-state index contributed by atoms with van der Waals surface area (Å²) in [6.45, 7) is 6.13. The second-order valence-electron chi connectivity index (χ2n) is 11.4. The van der Waals surface area contributed by atoms with Gasteiger partial charge in [-0.25, -0.2) is 4.39 Å². The number of halogens is 3. The molecule has 0 N–H and O–H groups in total. The smallest absolute Gasteiger partial charge is 0.419 e. The van der Waals surface area contributed by atoms with Gasteiger partial charge < -0.3 is 4.74 Å². The highest BCUT2D eigenvalue weighted by Crippen LogP contribution is 2.42. The number of hydrogen-bond acceptors (Lipinski definition) is 1. The molecule has 0 bridgehead atoms. The minimum atomic E-state index is -3.44. The monoisotopic (exact) mass is 488 g/mol. The highest BCUT2D eigenvalue weighted by atomic mass is 19.3. The molecule has 0 amide bonds. The average molecular weight is 489 g/mol. The van der Waals surface area contributed by atoms with Gasteiger partial charge in [-0.05, 0) is 124 Å². The molecular weight excluding hydrogens is 445 g/mol. The summed E-state index contributed by atoms with van der Waals surface area (Å²) >= 11 is 0. The Hall–Kier alpha value is -1.71. The molecular formula is C31H43F3O. The predicted molar refractivity (Wildman–Crippen MR) is 137 cm³/mol. The first kappa shape index (κ1) is 26.4. The maximum absolute atomic E-state index is 14.7. The molecule has 1 nitrogen and oxygen atoms in total. The van der Waals surface area contributed by atoms with Gasteiger partial charge in [-0.1, -0.05) is 31.6 Å². The number of alkyl halides is 2. The van der Waals surface area contributed by atoms with Crippen molar-refractivity contribution >= 4 is 0 Å². The normalized spacial score (nSPS) is 32.5. The minimum absolute atomic E-state index is 0.109. The summed E-state index contributed by atoms with van der Waals surface area (Å²) in [4.78, 5) is 0. The summed E-state index contributed by atoms with van der Waals surface area (Å²) in [5.74, 6) is 2.75. The molecule has 0 aromatic heterocycles. The van der Waals surface area contributed by atoms with Crippen LogP contribution in [0.5, 0.6) is 5.75 Å². The number of benzene rings is 1. The third-order valence-corrected chi connectivity index (χ3v) is 9.29. The van der Waals surface area contributed by atoms with E-state index < -0.39 is 11.9 Å². The second kappa shape index (κ2) is 12.0. The van der Waals surface area contributed by atoms with Gasteiger partial charge >= 0.3 is 6.11 Å². The van der Waals surface area contributed by atoms with Crippen molar-refractivity contribution in [2.45, 2.75) is 102 Å². The van der Waals surface area contributed by atoms with Gasteiger partial charge in [0.25, 0.3) is 0 Å². The van der Waals surface area contributed by atoms with Crippen LogP contribution in [0, 0.1) is 35.4 Å². The fourth-order valence-corrected chi connectivity index (χ4v) is 6.88. The Labute approximate surface area is 210 Å². The van der Waals surface area contributed by atoms with E-state index in [2.05, 4.69) is 19.6 Å². The van der Waals surface area contributed by atoms with E-state index in [-0.39, 0.29) is 17.6 Å². The number of ether oxygens (including phenoxy) is 1. The molecule has 0 atom stereocenters. The molecule has 0 spiro atoms. The second-order valence-corrected chi connectivity index (χ2v) is 11.4. The van der Waals surface area contributed by atoms with Crippen molar-refractivity contribution < 1.29 is 17.9 Å². The summed E-state index contributed by atoms with van der Waals surface area (Å²) < 4.78 is 48.7. The van der Waals surface area contributed by atoms with Crippen molar-refractivity contribution in [3.63, 3.8) is 0 Å². The quantitative estimate of drug-likeness (QED) is 0.331. The maximum Gasteiger partial charge on any atom is 0.419 e. The third-order valence-electron chi connectivity index (χ3n) is 9.29. The van der Waals surface area contributed by atoms with Crippen LogP contribution in [0.1, 0.15) is 102 Å². The summed E-state index contributed by atoms with van der Waals surface area (Å²) in [6.07, 6.45) is 15.7. The first-order valence-electron chi connectivity index (χ1n) is 14.0. The maximum atomic E-state index is 14.7. The molecule has 0 radical (unpaired) electrons. The lowest BCUT2D eigenvalue weighted by Crippen LogP contribution is -2.26. The first-order valence-corrected chi connectivity index (χ1v) is 14.0. The molecule has 0 aliphatic heterocycles. The first-order chi connectivity index (χ1) is 16.9. The Morgan fingerprint density at radius 2 is 1.49 bits per heavy atom. The van der Waals surface area contributed by atoms with E-state index in [0.717, 1.165) is 81.3 Å². The van der Waals surface area contributed by atoms with Crippen LogP contribution in [0.4, 0.5) is 13.2 Å². The van der Waals surface area contributed by atoms with Gasteiger partial charge in [-0.15, -0.1) is 6.58 Å². The molecule has 3 fully saturated rings. The average Bonchev–Trinajstić information content (AvgIpc) is 2.88. The largest absolute Gasteiger partial charge is 0.429 e. The summed E-state index contributed by atoms with van der Waals surface area (Å²) in [7, 11) is 0. The van der Waals surface area contributed by atoms with Gasteiger partial charge in [-0.3, -0.25) is 0 Å². The molecule has 4 heteroatoms. The van der Waals surface area contributed by atoms with Crippen molar-refractivity contribution in [2.75, 3.05) is 0 Å². The highest BCUT2D eigenvalue weighted by molar-refractivity contribution is 5.32. The van der Waals surface area contributed by atoms with Crippen LogP contribution in [-0.2, 0) is 0 Å². The van der Waals surface area contributed by atoms with E-state index in [1.165, 1.54) is 38.2 Å². The van der Waals surface area contributed by atoms with Gasteiger partial charge in [0.2, 0.25) is 0 Å². The number of rotatable bonds is 8. The fraction of sp³-hybridized carbons (Fsp3) is 0.677. The van der Waals surface area contributed by atoms with Gasteiger partial charge in [0.05, 0.1) is 0 Å².